The third-order valence-corrected chi connectivity index (χ3v) is 3.21. The average molecular weight is 300 g/mol. The van der Waals surface area contributed by atoms with Crippen LogP contribution in [0.3, 0.4) is 0 Å². The lowest BCUT2D eigenvalue weighted by Gasteiger charge is -2.13. The van der Waals surface area contributed by atoms with E-state index in [-0.39, 0.29) is 0 Å². The van der Waals surface area contributed by atoms with Gasteiger partial charge in [-0.25, -0.2) is 13.2 Å². The Labute approximate surface area is 120 Å². The van der Waals surface area contributed by atoms with Gasteiger partial charge in [0.2, 0.25) is 0 Å². The van der Waals surface area contributed by atoms with Gasteiger partial charge in [0.25, 0.3) is 0 Å². The molecule has 0 saturated carbocycles. The summed E-state index contributed by atoms with van der Waals surface area (Å²) in [6.45, 7) is 0. The topological polar surface area (TPSA) is 26.0 Å². The van der Waals surface area contributed by atoms with Crippen LogP contribution in [0.1, 0.15) is 11.1 Å². The first kappa shape index (κ1) is 14.9. The molecule has 2 aromatic carbocycles. The Balaban J connectivity index is 2.04. The Morgan fingerprint density at radius 3 is 2.30 bits per heavy atom. The number of hydrogen-bond donors (Lipinski definition) is 1. The molecule has 106 valence electrons. The molecule has 2 N–H and O–H groups in total. The molecule has 0 heterocycles. The fourth-order valence-corrected chi connectivity index (χ4v) is 2.17. The fraction of sp³-hybridized carbons (Fsp3) is 0.200. The lowest BCUT2D eigenvalue weighted by molar-refractivity contribution is 0.505. The van der Waals surface area contributed by atoms with Crippen LogP contribution in [0, 0.1) is 17.5 Å². The summed E-state index contributed by atoms with van der Waals surface area (Å²) in [7, 11) is 0. The summed E-state index contributed by atoms with van der Waals surface area (Å²) in [5.74, 6) is -2.23. The molecule has 0 bridgehead atoms. The quantitative estimate of drug-likeness (QED) is 0.911. The van der Waals surface area contributed by atoms with Gasteiger partial charge in [0, 0.05) is 11.1 Å². The monoisotopic (exact) mass is 299 g/mol. The van der Waals surface area contributed by atoms with Gasteiger partial charge in [0.1, 0.15) is 5.82 Å². The van der Waals surface area contributed by atoms with Crippen molar-refractivity contribution in [2.24, 2.45) is 5.73 Å². The Morgan fingerprint density at radius 2 is 1.65 bits per heavy atom. The van der Waals surface area contributed by atoms with E-state index in [0.29, 0.717) is 29.0 Å². The minimum Gasteiger partial charge on any atom is -0.327 e. The second-order valence-electron chi connectivity index (χ2n) is 4.65. The van der Waals surface area contributed by atoms with E-state index >= 15 is 0 Å². The van der Waals surface area contributed by atoms with Crippen LogP contribution in [0.2, 0.25) is 5.02 Å². The predicted molar refractivity (Wildman–Crippen MR) is 73.2 cm³/mol. The van der Waals surface area contributed by atoms with Crippen LogP contribution in [0.5, 0.6) is 0 Å². The molecule has 0 fully saturated rings. The first-order valence-corrected chi connectivity index (χ1v) is 6.47. The van der Waals surface area contributed by atoms with Gasteiger partial charge in [-0.3, -0.25) is 0 Å². The van der Waals surface area contributed by atoms with E-state index < -0.39 is 23.5 Å². The van der Waals surface area contributed by atoms with Crippen molar-refractivity contribution in [3.63, 3.8) is 0 Å². The Hall–Kier alpha value is -1.52. The average Bonchev–Trinajstić information content (AvgIpc) is 2.37. The number of rotatable bonds is 4. The van der Waals surface area contributed by atoms with Gasteiger partial charge >= 0.3 is 0 Å². The molecular formula is C15H13ClF3N. The molecule has 1 nitrogen and oxygen atoms in total. The minimum absolute atomic E-state index is 0.294. The van der Waals surface area contributed by atoms with Crippen LogP contribution in [0.25, 0.3) is 0 Å². The molecule has 20 heavy (non-hydrogen) atoms. The second kappa shape index (κ2) is 6.29. The molecule has 0 amide bonds. The maximum absolute atomic E-state index is 13.6. The van der Waals surface area contributed by atoms with Crippen molar-refractivity contribution in [3.05, 3.63) is 70.0 Å². The van der Waals surface area contributed by atoms with E-state index in [0.717, 1.165) is 12.1 Å². The van der Waals surface area contributed by atoms with E-state index in [4.69, 9.17) is 17.3 Å². The van der Waals surface area contributed by atoms with Gasteiger partial charge in [0.05, 0.1) is 0 Å². The maximum Gasteiger partial charge on any atom is 0.159 e. The summed E-state index contributed by atoms with van der Waals surface area (Å²) in [4.78, 5) is 0. The highest BCUT2D eigenvalue weighted by molar-refractivity contribution is 6.30. The van der Waals surface area contributed by atoms with Crippen molar-refractivity contribution in [3.8, 4) is 0 Å². The predicted octanol–water partition coefficient (Wildman–Crippen LogP) is 3.87. The lowest BCUT2D eigenvalue weighted by Crippen LogP contribution is -2.26. The zero-order valence-electron chi connectivity index (χ0n) is 10.5. The molecule has 2 aromatic rings. The van der Waals surface area contributed by atoms with Gasteiger partial charge in [0.15, 0.2) is 11.6 Å². The fourth-order valence-electron chi connectivity index (χ4n) is 2.01. The van der Waals surface area contributed by atoms with Gasteiger partial charge in [-0.2, -0.15) is 0 Å². The van der Waals surface area contributed by atoms with Crippen molar-refractivity contribution in [1.82, 2.24) is 0 Å². The van der Waals surface area contributed by atoms with E-state index in [1.54, 1.807) is 12.1 Å². The molecule has 0 radical (unpaired) electrons. The van der Waals surface area contributed by atoms with Crippen LogP contribution in [-0.4, -0.2) is 6.04 Å². The van der Waals surface area contributed by atoms with Gasteiger partial charge in [-0.1, -0.05) is 23.7 Å². The normalized spacial score (nSPS) is 12.4. The number of nitrogens with two attached hydrogens (primary N) is 1. The molecule has 0 spiro atoms. The molecule has 0 aromatic heterocycles. The Bertz CT molecular complexity index is 616. The molecule has 0 aliphatic rings. The first-order chi connectivity index (χ1) is 9.45. The number of hydrogen-bond acceptors (Lipinski definition) is 1. The lowest BCUT2D eigenvalue weighted by atomic mass is 9.99. The summed E-state index contributed by atoms with van der Waals surface area (Å²) in [6, 6.07) is 7.62. The van der Waals surface area contributed by atoms with Gasteiger partial charge < -0.3 is 5.73 Å². The van der Waals surface area contributed by atoms with E-state index in [1.165, 1.54) is 12.1 Å². The summed E-state index contributed by atoms with van der Waals surface area (Å²) in [6.07, 6.45) is 0.626. The third kappa shape index (κ3) is 3.74. The Kier molecular flexibility index (Phi) is 4.68. The standard InChI is InChI=1S/C15H13ClF3N/c16-11-3-2-10(14(18)8-11)7-12(20)5-9-1-4-13(17)15(19)6-9/h1-4,6,8,12H,5,7,20H2. The largest absolute Gasteiger partial charge is 0.327 e. The molecule has 2 rings (SSSR count). The van der Waals surface area contributed by atoms with Crippen LogP contribution in [-0.2, 0) is 12.8 Å². The number of benzene rings is 2. The summed E-state index contributed by atoms with van der Waals surface area (Å²) in [5, 5.41) is 0.320. The highest BCUT2D eigenvalue weighted by Gasteiger charge is 2.11. The molecule has 5 heteroatoms. The SMILES string of the molecule is NC(Cc1ccc(F)c(F)c1)Cc1ccc(Cl)cc1F. The summed E-state index contributed by atoms with van der Waals surface area (Å²) < 4.78 is 39.5. The van der Waals surface area contributed by atoms with Crippen LogP contribution in [0.4, 0.5) is 13.2 Å². The second-order valence-corrected chi connectivity index (χ2v) is 5.09. The maximum atomic E-state index is 13.6. The molecule has 1 atom stereocenters. The third-order valence-electron chi connectivity index (χ3n) is 2.98. The number of halogens is 4. The van der Waals surface area contributed by atoms with Crippen LogP contribution >= 0.6 is 11.6 Å². The minimum atomic E-state index is -0.910. The first-order valence-electron chi connectivity index (χ1n) is 6.09. The van der Waals surface area contributed by atoms with Crippen molar-refractivity contribution in [1.29, 1.82) is 0 Å². The zero-order chi connectivity index (χ0) is 14.7. The molecular weight excluding hydrogens is 287 g/mol. The van der Waals surface area contributed by atoms with Gasteiger partial charge in [-0.05, 0) is 48.2 Å². The smallest absolute Gasteiger partial charge is 0.159 e. The van der Waals surface area contributed by atoms with E-state index in [2.05, 4.69) is 0 Å². The zero-order valence-corrected chi connectivity index (χ0v) is 11.3. The summed E-state index contributed by atoms with van der Waals surface area (Å²) >= 11 is 5.67. The van der Waals surface area contributed by atoms with Crippen molar-refractivity contribution >= 4 is 11.6 Å². The Morgan fingerprint density at radius 1 is 0.900 bits per heavy atom. The van der Waals surface area contributed by atoms with Crippen molar-refractivity contribution in [2.75, 3.05) is 0 Å². The van der Waals surface area contributed by atoms with Crippen LogP contribution < -0.4 is 5.73 Å². The van der Waals surface area contributed by atoms with Crippen molar-refractivity contribution < 1.29 is 13.2 Å². The molecule has 0 aliphatic carbocycles. The molecule has 0 aliphatic heterocycles. The molecule has 0 saturated heterocycles. The van der Waals surface area contributed by atoms with Crippen molar-refractivity contribution in [2.45, 2.75) is 18.9 Å². The molecule has 1 unspecified atom stereocenters. The van der Waals surface area contributed by atoms with Crippen LogP contribution in [0.15, 0.2) is 36.4 Å². The van der Waals surface area contributed by atoms with E-state index in [9.17, 15) is 13.2 Å². The van der Waals surface area contributed by atoms with Gasteiger partial charge in [-0.15, -0.1) is 0 Å². The highest BCUT2D eigenvalue weighted by atomic mass is 35.5. The highest BCUT2D eigenvalue weighted by Crippen LogP contribution is 2.17. The summed E-state index contributed by atoms with van der Waals surface area (Å²) in [5.41, 5.74) is 6.94. The van der Waals surface area contributed by atoms with E-state index in [1.807, 2.05) is 0 Å².